The van der Waals surface area contributed by atoms with Gasteiger partial charge >= 0.3 is 0 Å². The van der Waals surface area contributed by atoms with Gasteiger partial charge in [0.1, 0.15) is 0 Å². The van der Waals surface area contributed by atoms with Crippen LogP contribution in [-0.2, 0) is 0 Å². The Morgan fingerprint density at radius 3 is 1.48 bits per heavy atom. The van der Waals surface area contributed by atoms with E-state index in [0.717, 1.165) is 31.3 Å². The SMILES string of the molecule is C=C(C)CCCCCCCCCCCCCCCCCC(O)(O)C1=CCC1. The summed E-state index contributed by atoms with van der Waals surface area (Å²) in [5.74, 6) is -1.51. The highest BCUT2D eigenvalue weighted by Gasteiger charge is 2.30. The minimum absolute atomic E-state index is 0.507. The minimum atomic E-state index is -1.51. The topological polar surface area (TPSA) is 40.5 Å². The lowest BCUT2D eigenvalue weighted by Crippen LogP contribution is -2.32. The maximum Gasteiger partial charge on any atom is 0.185 e. The predicted octanol–water partition coefficient (Wildman–Crippen LogP) is 7.60. The first-order chi connectivity index (χ1) is 13.0. The molecule has 0 atom stereocenters. The van der Waals surface area contributed by atoms with E-state index in [1.165, 1.54) is 95.5 Å². The largest absolute Gasteiger partial charge is 0.362 e. The minimum Gasteiger partial charge on any atom is -0.362 e. The molecule has 0 bridgehead atoms. The smallest absolute Gasteiger partial charge is 0.185 e. The number of hydrogen-bond donors (Lipinski definition) is 2. The molecule has 0 aromatic heterocycles. The van der Waals surface area contributed by atoms with Crippen LogP contribution in [0.1, 0.15) is 129 Å². The molecule has 2 N–H and O–H groups in total. The van der Waals surface area contributed by atoms with Gasteiger partial charge in [0.15, 0.2) is 5.79 Å². The molecule has 1 aliphatic rings. The van der Waals surface area contributed by atoms with Crippen LogP contribution in [0.4, 0.5) is 0 Å². The molecule has 0 saturated carbocycles. The number of unbranched alkanes of at least 4 members (excludes halogenated alkanes) is 14. The van der Waals surface area contributed by atoms with Gasteiger partial charge in [-0.2, -0.15) is 0 Å². The van der Waals surface area contributed by atoms with E-state index in [1.54, 1.807) is 0 Å². The predicted molar refractivity (Wildman–Crippen MR) is 118 cm³/mol. The Morgan fingerprint density at radius 1 is 0.778 bits per heavy atom. The monoisotopic (exact) mass is 378 g/mol. The molecule has 0 fully saturated rings. The summed E-state index contributed by atoms with van der Waals surface area (Å²) in [4.78, 5) is 0. The van der Waals surface area contributed by atoms with E-state index in [9.17, 15) is 10.2 Å². The zero-order valence-corrected chi connectivity index (χ0v) is 18.1. The Kier molecular flexibility index (Phi) is 13.9. The van der Waals surface area contributed by atoms with Crippen molar-refractivity contribution in [2.75, 3.05) is 0 Å². The van der Waals surface area contributed by atoms with E-state index in [0.29, 0.717) is 6.42 Å². The average Bonchev–Trinajstić information content (AvgIpc) is 2.55. The summed E-state index contributed by atoms with van der Waals surface area (Å²) >= 11 is 0. The van der Waals surface area contributed by atoms with Crippen LogP contribution in [0.2, 0.25) is 0 Å². The quantitative estimate of drug-likeness (QED) is 0.138. The summed E-state index contributed by atoms with van der Waals surface area (Å²) < 4.78 is 0. The molecule has 0 heterocycles. The van der Waals surface area contributed by atoms with Crippen molar-refractivity contribution in [2.45, 2.75) is 135 Å². The van der Waals surface area contributed by atoms with Crippen molar-refractivity contribution in [1.29, 1.82) is 0 Å². The summed E-state index contributed by atoms with van der Waals surface area (Å²) in [7, 11) is 0. The maximum absolute atomic E-state index is 9.95. The van der Waals surface area contributed by atoms with Crippen LogP contribution in [0.25, 0.3) is 0 Å². The summed E-state index contributed by atoms with van der Waals surface area (Å²) in [6, 6.07) is 0. The third-order valence-corrected chi connectivity index (χ3v) is 5.95. The van der Waals surface area contributed by atoms with Gasteiger partial charge in [0, 0.05) is 6.42 Å². The molecule has 0 aliphatic heterocycles. The van der Waals surface area contributed by atoms with Gasteiger partial charge < -0.3 is 10.2 Å². The van der Waals surface area contributed by atoms with Crippen LogP contribution in [0, 0.1) is 0 Å². The molecule has 0 radical (unpaired) electrons. The molecule has 1 rings (SSSR count). The lowest BCUT2D eigenvalue weighted by atomic mass is 9.88. The number of rotatable bonds is 19. The number of hydrogen-bond acceptors (Lipinski definition) is 2. The zero-order valence-electron chi connectivity index (χ0n) is 18.1. The fraction of sp³-hybridized carbons (Fsp3) is 0.840. The standard InChI is InChI=1S/C25H46O2/c1-23(2)19-16-14-12-10-8-6-4-3-5-7-9-11-13-15-17-22-25(26,27)24-20-18-21-24/h20,26-27H,1,3-19,21-22H2,2H3. The van der Waals surface area contributed by atoms with Crippen molar-refractivity contribution in [1.82, 2.24) is 0 Å². The molecule has 0 aromatic carbocycles. The van der Waals surface area contributed by atoms with Gasteiger partial charge in [-0.15, -0.1) is 6.58 Å². The Bertz CT molecular complexity index is 409. The van der Waals surface area contributed by atoms with Crippen LogP contribution in [-0.4, -0.2) is 16.0 Å². The van der Waals surface area contributed by atoms with Gasteiger partial charge in [-0.25, -0.2) is 0 Å². The second kappa shape index (κ2) is 15.3. The Morgan fingerprint density at radius 2 is 1.15 bits per heavy atom. The van der Waals surface area contributed by atoms with Crippen LogP contribution in [0.3, 0.4) is 0 Å². The molecule has 1 aliphatic carbocycles. The first-order valence-corrected chi connectivity index (χ1v) is 11.8. The van der Waals surface area contributed by atoms with Gasteiger partial charge in [-0.3, -0.25) is 0 Å². The van der Waals surface area contributed by atoms with Gasteiger partial charge in [0.05, 0.1) is 0 Å². The van der Waals surface area contributed by atoms with Crippen LogP contribution in [0.5, 0.6) is 0 Å². The molecule has 2 heteroatoms. The Hall–Kier alpha value is -0.600. The van der Waals surface area contributed by atoms with E-state index in [-0.39, 0.29) is 0 Å². The van der Waals surface area contributed by atoms with Crippen LogP contribution < -0.4 is 0 Å². The third-order valence-electron chi connectivity index (χ3n) is 5.95. The lowest BCUT2D eigenvalue weighted by molar-refractivity contribution is -0.138. The van der Waals surface area contributed by atoms with Gasteiger partial charge in [-0.1, -0.05) is 95.1 Å². The highest BCUT2D eigenvalue weighted by Crippen LogP contribution is 2.31. The van der Waals surface area contributed by atoms with Crippen molar-refractivity contribution in [3.63, 3.8) is 0 Å². The summed E-state index contributed by atoms with van der Waals surface area (Å²) in [6.45, 7) is 6.09. The summed E-state index contributed by atoms with van der Waals surface area (Å²) in [5.41, 5.74) is 2.17. The van der Waals surface area contributed by atoms with Crippen molar-refractivity contribution >= 4 is 0 Å². The van der Waals surface area contributed by atoms with Crippen LogP contribution >= 0.6 is 0 Å². The van der Waals surface area contributed by atoms with E-state index in [1.807, 2.05) is 6.08 Å². The third kappa shape index (κ3) is 13.2. The van der Waals surface area contributed by atoms with Crippen molar-refractivity contribution in [3.05, 3.63) is 23.8 Å². The van der Waals surface area contributed by atoms with Crippen LogP contribution in [0.15, 0.2) is 23.8 Å². The molecular weight excluding hydrogens is 332 g/mol. The first-order valence-electron chi connectivity index (χ1n) is 11.8. The second-order valence-corrected chi connectivity index (χ2v) is 8.85. The van der Waals surface area contributed by atoms with E-state index >= 15 is 0 Å². The Labute approximate surface area is 169 Å². The first kappa shape index (κ1) is 24.4. The molecule has 2 nitrogen and oxygen atoms in total. The molecule has 0 saturated heterocycles. The molecular formula is C25H46O2. The highest BCUT2D eigenvalue weighted by molar-refractivity contribution is 5.20. The second-order valence-electron chi connectivity index (χ2n) is 8.85. The zero-order chi connectivity index (χ0) is 19.8. The molecule has 0 spiro atoms. The fourth-order valence-corrected chi connectivity index (χ4v) is 3.91. The normalized spacial score (nSPS) is 14.1. The molecule has 27 heavy (non-hydrogen) atoms. The van der Waals surface area contributed by atoms with Gasteiger partial charge in [-0.05, 0) is 44.6 Å². The van der Waals surface area contributed by atoms with E-state index < -0.39 is 5.79 Å². The van der Waals surface area contributed by atoms with Crippen molar-refractivity contribution in [3.8, 4) is 0 Å². The van der Waals surface area contributed by atoms with Crippen molar-refractivity contribution in [2.24, 2.45) is 0 Å². The summed E-state index contributed by atoms with van der Waals surface area (Å²) in [5, 5.41) is 19.9. The average molecular weight is 379 g/mol. The fourth-order valence-electron chi connectivity index (χ4n) is 3.91. The summed E-state index contributed by atoms with van der Waals surface area (Å²) in [6.07, 6.45) is 25.4. The van der Waals surface area contributed by atoms with Crippen molar-refractivity contribution < 1.29 is 10.2 Å². The Balaban J connectivity index is 1.72. The molecule has 0 amide bonds. The number of aliphatic hydroxyl groups is 2. The molecule has 0 unspecified atom stereocenters. The van der Waals surface area contributed by atoms with E-state index in [4.69, 9.17) is 0 Å². The number of allylic oxidation sites excluding steroid dienone is 2. The van der Waals surface area contributed by atoms with Gasteiger partial charge in [0.2, 0.25) is 0 Å². The van der Waals surface area contributed by atoms with Gasteiger partial charge in [0.25, 0.3) is 0 Å². The molecule has 0 aromatic rings. The van der Waals surface area contributed by atoms with E-state index in [2.05, 4.69) is 13.5 Å². The highest BCUT2D eigenvalue weighted by atomic mass is 16.5. The maximum atomic E-state index is 9.95. The lowest BCUT2D eigenvalue weighted by Gasteiger charge is -2.29. The molecule has 158 valence electrons.